The molecule has 0 radical (unpaired) electrons. The third-order valence-electron chi connectivity index (χ3n) is 3.16. The fourth-order valence-corrected chi connectivity index (χ4v) is 2.39. The first kappa shape index (κ1) is 12.7. The van der Waals surface area contributed by atoms with E-state index in [1.165, 1.54) is 0 Å². The van der Waals surface area contributed by atoms with E-state index in [0.29, 0.717) is 16.6 Å². The number of hydrogen-bond donors (Lipinski definition) is 2. The Hall–Kier alpha value is -2.29. The normalized spacial score (nSPS) is 10.7. The first-order valence-corrected chi connectivity index (χ1v) is 6.50. The monoisotopic (exact) mass is 281 g/mol. The van der Waals surface area contributed by atoms with Crippen molar-refractivity contribution in [1.29, 1.82) is 5.26 Å². The zero-order valence-corrected chi connectivity index (χ0v) is 11.4. The van der Waals surface area contributed by atoms with Gasteiger partial charge in [-0.3, -0.25) is 0 Å². The van der Waals surface area contributed by atoms with Gasteiger partial charge in [0.05, 0.1) is 17.8 Å². The van der Waals surface area contributed by atoms with Crippen LogP contribution in [0.5, 0.6) is 0 Å². The minimum Gasteiger partial charge on any atom is -0.392 e. The molecule has 5 heteroatoms. The quantitative estimate of drug-likeness (QED) is 0.710. The Labute approximate surface area is 121 Å². The molecule has 0 aliphatic carbocycles. The molecule has 0 spiro atoms. The Morgan fingerprint density at radius 2 is 1.95 bits per heavy atom. The van der Waals surface area contributed by atoms with Crippen LogP contribution in [-0.4, -0.2) is 14.9 Å². The van der Waals surface area contributed by atoms with Gasteiger partial charge in [0, 0.05) is 10.3 Å². The van der Waals surface area contributed by atoms with E-state index >= 15 is 0 Å². The van der Waals surface area contributed by atoms with Crippen molar-refractivity contribution in [3.05, 3.63) is 53.7 Å². The van der Waals surface area contributed by atoms with E-state index in [0.717, 1.165) is 16.1 Å². The number of thiol groups is 1. The molecule has 0 saturated carbocycles. The lowest BCUT2D eigenvalue weighted by molar-refractivity contribution is 0.283. The molecular weight excluding hydrogens is 270 g/mol. The van der Waals surface area contributed by atoms with Crippen LogP contribution in [0.4, 0.5) is 0 Å². The van der Waals surface area contributed by atoms with Crippen molar-refractivity contribution in [1.82, 2.24) is 9.78 Å². The van der Waals surface area contributed by atoms with Crippen LogP contribution in [0.25, 0.3) is 16.6 Å². The highest BCUT2D eigenvalue weighted by atomic mass is 32.1. The third-order valence-corrected chi connectivity index (χ3v) is 3.46. The van der Waals surface area contributed by atoms with Crippen molar-refractivity contribution in [3.63, 3.8) is 0 Å². The van der Waals surface area contributed by atoms with Crippen LogP contribution in [0, 0.1) is 11.3 Å². The van der Waals surface area contributed by atoms with E-state index in [4.69, 9.17) is 0 Å². The van der Waals surface area contributed by atoms with Crippen LogP contribution < -0.4 is 0 Å². The number of benzene rings is 2. The molecule has 0 atom stereocenters. The second-order valence-electron chi connectivity index (χ2n) is 4.36. The zero-order valence-electron chi connectivity index (χ0n) is 10.5. The van der Waals surface area contributed by atoms with Crippen LogP contribution >= 0.6 is 12.6 Å². The molecule has 2 aromatic carbocycles. The van der Waals surface area contributed by atoms with Gasteiger partial charge in [-0.25, -0.2) is 4.68 Å². The summed E-state index contributed by atoms with van der Waals surface area (Å²) in [5, 5.41) is 23.7. The Balaban J connectivity index is 2.33. The SMILES string of the molecule is N#Cc1nn(-c2ccc(S)cc2)c2cccc(CO)c12. The molecule has 0 bridgehead atoms. The largest absolute Gasteiger partial charge is 0.392 e. The maximum atomic E-state index is 9.42. The van der Waals surface area contributed by atoms with Crippen molar-refractivity contribution >= 4 is 23.5 Å². The summed E-state index contributed by atoms with van der Waals surface area (Å²) in [5.74, 6) is 0. The molecule has 3 rings (SSSR count). The van der Waals surface area contributed by atoms with Gasteiger partial charge < -0.3 is 5.11 Å². The average molecular weight is 281 g/mol. The van der Waals surface area contributed by atoms with Crippen molar-refractivity contribution in [2.24, 2.45) is 0 Å². The highest BCUT2D eigenvalue weighted by Gasteiger charge is 2.14. The van der Waals surface area contributed by atoms with Gasteiger partial charge in [0.15, 0.2) is 5.69 Å². The van der Waals surface area contributed by atoms with E-state index < -0.39 is 0 Å². The van der Waals surface area contributed by atoms with Gasteiger partial charge >= 0.3 is 0 Å². The Morgan fingerprint density at radius 3 is 2.60 bits per heavy atom. The Morgan fingerprint density at radius 1 is 1.20 bits per heavy atom. The predicted molar refractivity (Wildman–Crippen MR) is 79.0 cm³/mol. The standard InChI is InChI=1S/C15H11N3OS/c16-8-13-15-10(9-19)2-1-3-14(15)18(17-13)11-4-6-12(20)7-5-11/h1-7,19-20H,9H2. The minimum absolute atomic E-state index is 0.118. The summed E-state index contributed by atoms with van der Waals surface area (Å²) in [4.78, 5) is 0.863. The summed E-state index contributed by atoms with van der Waals surface area (Å²) in [6.45, 7) is -0.118. The number of aliphatic hydroxyl groups excluding tert-OH is 1. The first-order chi connectivity index (χ1) is 9.74. The lowest BCUT2D eigenvalue weighted by Gasteiger charge is -2.04. The number of fused-ring (bicyclic) bond motifs is 1. The van der Waals surface area contributed by atoms with Gasteiger partial charge in [0.25, 0.3) is 0 Å². The van der Waals surface area contributed by atoms with Crippen molar-refractivity contribution in [3.8, 4) is 11.8 Å². The third kappa shape index (κ3) is 1.95. The van der Waals surface area contributed by atoms with Crippen LogP contribution in [0.15, 0.2) is 47.4 Å². The van der Waals surface area contributed by atoms with Gasteiger partial charge in [0.1, 0.15) is 6.07 Å². The van der Waals surface area contributed by atoms with Crippen LogP contribution in [-0.2, 0) is 6.61 Å². The van der Waals surface area contributed by atoms with E-state index in [9.17, 15) is 10.4 Å². The van der Waals surface area contributed by atoms with Crippen molar-refractivity contribution in [2.75, 3.05) is 0 Å². The lowest BCUT2D eigenvalue weighted by atomic mass is 10.1. The fraction of sp³-hybridized carbons (Fsp3) is 0.0667. The van der Waals surface area contributed by atoms with Crippen molar-refractivity contribution in [2.45, 2.75) is 11.5 Å². The molecule has 0 amide bonds. The van der Waals surface area contributed by atoms with Gasteiger partial charge in [0.2, 0.25) is 0 Å². The minimum atomic E-state index is -0.118. The molecule has 1 heterocycles. The average Bonchev–Trinajstić information content (AvgIpc) is 2.87. The molecule has 0 unspecified atom stereocenters. The molecule has 20 heavy (non-hydrogen) atoms. The molecule has 1 aromatic heterocycles. The maximum Gasteiger partial charge on any atom is 0.171 e. The van der Waals surface area contributed by atoms with E-state index in [1.807, 2.05) is 36.4 Å². The Bertz CT molecular complexity index is 815. The second-order valence-corrected chi connectivity index (χ2v) is 4.87. The van der Waals surface area contributed by atoms with Gasteiger partial charge in [-0.2, -0.15) is 10.4 Å². The molecule has 3 aromatic rings. The summed E-state index contributed by atoms with van der Waals surface area (Å²) >= 11 is 4.26. The van der Waals surface area contributed by atoms with E-state index in [2.05, 4.69) is 23.8 Å². The summed E-state index contributed by atoms with van der Waals surface area (Å²) in [7, 11) is 0. The van der Waals surface area contributed by atoms with Gasteiger partial charge in [-0.1, -0.05) is 12.1 Å². The molecule has 0 saturated heterocycles. The number of nitriles is 1. The first-order valence-electron chi connectivity index (χ1n) is 6.05. The molecular formula is C15H11N3OS. The number of rotatable bonds is 2. The molecule has 4 nitrogen and oxygen atoms in total. The molecule has 98 valence electrons. The fourth-order valence-electron chi connectivity index (χ4n) is 2.24. The van der Waals surface area contributed by atoms with Gasteiger partial charge in [-0.15, -0.1) is 12.6 Å². The molecule has 0 aliphatic heterocycles. The number of aliphatic hydroxyl groups is 1. The summed E-state index contributed by atoms with van der Waals surface area (Å²) < 4.78 is 1.71. The summed E-state index contributed by atoms with van der Waals surface area (Å²) in [5.41, 5.74) is 2.68. The van der Waals surface area contributed by atoms with Crippen LogP contribution in [0.3, 0.4) is 0 Å². The van der Waals surface area contributed by atoms with Crippen LogP contribution in [0.1, 0.15) is 11.3 Å². The van der Waals surface area contributed by atoms with Crippen molar-refractivity contribution < 1.29 is 5.11 Å². The number of nitrogens with zero attached hydrogens (tertiary/aromatic N) is 3. The topological polar surface area (TPSA) is 61.8 Å². The predicted octanol–water partition coefficient (Wildman–Crippen LogP) is 2.68. The number of hydrogen-bond acceptors (Lipinski definition) is 4. The molecule has 1 N–H and O–H groups in total. The molecule has 0 fully saturated rings. The maximum absolute atomic E-state index is 9.42. The highest BCUT2D eigenvalue weighted by molar-refractivity contribution is 7.80. The smallest absolute Gasteiger partial charge is 0.171 e. The van der Waals surface area contributed by atoms with Gasteiger partial charge in [-0.05, 0) is 35.9 Å². The highest BCUT2D eigenvalue weighted by Crippen LogP contribution is 2.25. The molecule has 0 aliphatic rings. The summed E-state index contributed by atoms with van der Waals surface area (Å²) in [6, 6.07) is 15.1. The van der Waals surface area contributed by atoms with E-state index in [1.54, 1.807) is 10.7 Å². The zero-order chi connectivity index (χ0) is 14.1. The lowest BCUT2D eigenvalue weighted by Crippen LogP contribution is -1.96. The number of aromatic nitrogens is 2. The second kappa shape index (κ2) is 5.00. The van der Waals surface area contributed by atoms with Crippen LogP contribution in [0.2, 0.25) is 0 Å². The summed E-state index contributed by atoms with van der Waals surface area (Å²) in [6.07, 6.45) is 0. The Kier molecular flexibility index (Phi) is 3.18. The van der Waals surface area contributed by atoms with E-state index in [-0.39, 0.29) is 6.61 Å².